The Morgan fingerprint density at radius 3 is 2.67 bits per heavy atom. The van der Waals surface area contributed by atoms with Crippen LogP contribution in [0, 0.1) is 5.82 Å². The van der Waals surface area contributed by atoms with E-state index in [-0.39, 0.29) is 5.82 Å². The maximum Gasteiger partial charge on any atom is 0.338 e. The van der Waals surface area contributed by atoms with E-state index in [0.29, 0.717) is 16.6 Å². The molecule has 0 fully saturated rings. The van der Waals surface area contributed by atoms with Gasteiger partial charge in [-0.3, -0.25) is 0 Å². The van der Waals surface area contributed by atoms with Gasteiger partial charge in [0.15, 0.2) is 0 Å². The summed E-state index contributed by atoms with van der Waals surface area (Å²) in [5.74, 6) is -0.744. The Bertz CT molecular complexity index is 828. The van der Waals surface area contributed by atoms with Gasteiger partial charge < -0.3 is 4.74 Å². The number of halogens is 2. The number of hydrogen-bond donors (Lipinski definition) is 0. The average molecular weight is 349 g/mol. The molecule has 3 rings (SSSR count). The van der Waals surface area contributed by atoms with Crippen LogP contribution in [0.5, 0.6) is 0 Å². The highest BCUT2D eigenvalue weighted by atomic mass is 79.9. The van der Waals surface area contributed by atoms with E-state index in [9.17, 15) is 9.18 Å². The summed E-state index contributed by atoms with van der Waals surface area (Å²) in [4.78, 5) is 11.8. The van der Waals surface area contributed by atoms with Gasteiger partial charge in [0.2, 0.25) is 0 Å². The van der Waals surface area contributed by atoms with Crippen molar-refractivity contribution in [3.05, 3.63) is 58.4 Å². The number of esters is 1. The zero-order valence-electron chi connectivity index (χ0n) is 11.0. The van der Waals surface area contributed by atoms with Crippen LogP contribution < -0.4 is 0 Å². The molecule has 0 saturated heterocycles. The molecule has 0 N–H and O–H groups in total. The molecular weight excluding hydrogens is 339 g/mol. The Hall–Kier alpha value is -2.21. The first-order valence-electron chi connectivity index (χ1n) is 6.11. The molecule has 0 bridgehead atoms. The van der Waals surface area contributed by atoms with Crippen LogP contribution in [0.3, 0.4) is 0 Å². The number of ether oxygens (including phenoxy) is 1. The second kappa shape index (κ2) is 5.29. The first kappa shape index (κ1) is 13.8. The van der Waals surface area contributed by atoms with Gasteiger partial charge in [-0.05, 0) is 36.4 Å². The molecule has 4 nitrogen and oxygen atoms in total. The summed E-state index contributed by atoms with van der Waals surface area (Å²) in [7, 11) is 1.33. The fourth-order valence-corrected chi connectivity index (χ4v) is 2.60. The zero-order chi connectivity index (χ0) is 15.0. The van der Waals surface area contributed by atoms with Gasteiger partial charge in [-0.15, -0.1) is 0 Å². The minimum atomic E-state index is -0.431. The van der Waals surface area contributed by atoms with Gasteiger partial charge in [-0.1, -0.05) is 15.9 Å². The van der Waals surface area contributed by atoms with Crippen molar-refractivity contribution in [2.24, 2.45) is 0 Å². The van der Waals surface area contributed by atoms with E-state index < -0.39 is 5.97 Å². The fraction of sp³-hybridized carbons (Fsp3) is 0.0667. The molecule has 0 aliphatic rings. The largest absolute Gasteiger partial charge is 0.465 e. The molecule has 0 aliphatic heterocycles. The molecule has 3 aromatic rings. The lowest BCUT2D eigenvalue weighted by molar-refractivity contribution is 0.0603. The smallest absolute Gasteiger partial charge is 0.338 e. The summed E-state index contributed by atoms with van der Waals surface area (Å²) in [6, 6.07) is 9.51. The number of rotatable bonds is 2. The van der Waals surface area contributed by atoms with Crippen molar-refractivity contribution < 1.29 is 13.9 Å². The normalized spacial score (nSPS) is 10.8. The highest BCUT2D eigenvalue weighted by Gasteiger charge is 2.15. The predicted molar refractivity (Wildman–Crippen MR) is 80.1 cm³/mol. The number of nitrogens with zero attached hydrogens (tertiary/aromatic N) is 2. The third-order valence-electron chi connectivity index (χ3n) is 3.13. The van der Waals surface area contributed by atoms with Crippen molar-refractivity contribution >= 4 is 32.8 Å². The van der Waals surface area contributed by atoms with E-state index in [1.807, 2.05) is 6.07 Å². The Morgan fingerprint density at radius 1 is 1.29 bits per heavy atom. The molecule has 2 aromatic carbocycles. The summed E-state index contributed by atoms with van der Waals surface area (Å²) in [6.07, 6.45) is 1.59. The van der Waals surface area contributed by atoms with Crippen LogP contribution in [0.4, 0.5) is 4.39 Å². The molecule has 21 heavy (non-hydrogen) atoms. The van der Waals surface area contributed by atoms with E-state index in [1.54, 1.807) is 29.1 Å². The van der Waals surface area contributed by atoms with Crippen LogP contribution in [-0.4, -0.2) is 22.9 Å². The zero-order valence-corrected chi connectivity index (χ0v) is 12.6. The van der Waals surface area contributed by atoms with E-state index in [4.69, 9.17) is 4.74 Å². The topological polar surface area (TPSA) is 44.1 Å². The van der Waals surface area contributed by atoms with Crippen molar-refractivity contribution in [1.29, 1.82) is 0 Å². The molecule has 6 heteroatoms. The molecule has 0 unspecified atom stereocenters. The van der Waals surface area contributed by atoms with E-state index in [0.717, 1.165) is 9.99 Å². The van der Waals surface area contributed by atoms with Crippen molar-refractivity contribution in [3.8, 4) is 5.69 Å². The van der Waals surface area contributed by atoms with Crippen molar-refractivity contribution in [2.75, 3.05) is 7.11 Å². The minimum absolute atomic E-state index is 0.313. The number of benzene rings is 2. The summed E-state index contributed by atoms with van der Waals surface area (Å²) in [6.45, 7) is 0. The molecule has 0 saturated carbocycles. The van der Waals surface area contributed by atoms with E-state index in [2.05, 4.69) is 21.0 Å². The maximum atomic E-state index is 13.0. The first-order chi connectivity index (χ1) is 10.1. The third kappa shape index (κ3) is 2.42. The van der Waals surface area contributed by atoms with Crippen LogP contribution in [0.2, 0.25) is 0 Å². The second-order valence-corrected chi connectivity index (χ2v) is 5.33. The van der Waals surface area contributed by atoms with Gasteiger partial charge in [-0.25, -0.2) is 13.9 Å². The molecule has 1 aromatic heterocycles. The van der Waals surface area contributed by atoms with Crippen LogP contribution in [0.15, 0.2) is 47.1 Å². The summed E-state index contributed by atoms with van der Waals surface area (Å²) in [5, 5.41) is 4.95. The molecule has 0 spiro atoms. The predicted octanol–water partition coefficient (Wildman–Crippen LogP) is 3.71. The lowest BCUT2D eigenvalue weighted by atomic mass is 10.1. The number of fused-ring (bicyclic) bond motifs is 1. The lowest BCUT2D eigenvalue weighted by Gasteiger charge is -2.06. The second-order valence-electron chi connectivity index (χ2n) is 4.41. The van der Waals surface area contributed by atoms with Crippen molar-refractivity contribution in [3.63, 3.8) is 0 Å². The van der Waals surface area contributed by atoms with E-state index in [1.165, 1.54) is 19.2 Å². The number of carbonyl (C=O) groups is 1. The Morgan fingerprint density at radius 2 is 2.00 bits per heavy atom. The maximum absolute atomic E-state index is 13.0. The molecule has 0 aliphatic carbocycles. The number of aromatic nitrogens is 2. The van der Waals surface area contributed by atoms with Crippen LogP contribution in [0.1, 0.15) is 10.4 Å². The highest BCUT2D eigenvalue weighted by molar-refractivity contribution is 9.10. The molecule has 1 heterocycles. The fourth-order valence-electron chi connectivity index (χ4n) is 2.16. The Balaban J connectivity index is 2.25. The average Bonchev–Trinajstić information content (AvgIpc) is 2.90. The van der Waals surface area contributed by atoms with Crippen LogP contribution >= 0.6 is 15.9 Å². The standard InChI is InChI=1S/C15H10BrFN2O2/c1-21-15(20)12-6-9(16)7-14-13(12)8-18-19(14)11-4-2-10(17)3-5-11/h2-8H,1H3. The number of methoxy groups -OCH3 is 1. The molecule has 0 atom stereocenters. The monoisotopic (exact) mass is 348 g/mol. The Kier molecular flexibility index (Phi) is 3.47. The van der Waals surface area contributed by atoms with Crippen LogP contribution in [0.25, 0.3) is 16.6 Å². The minimum Gasteiger partial charge on any atom is -0.465 e. The molecular formula is C15H10BrFN2O2. The summed E-state index contributed by atoms with van der Waals surface area (Å²) < 4.78 is 20.2. The van der Waals surface area contributed by atoms with Gasteiger partial charge in [0, 0.05) is 9.86 Å². The Labute approximate surface area is 128 Å². The van der Waals surface area contributed by atoms with Gasteiger partial charge in [0.05, 0.1) is 30.1 Å². The summed E-state index contributed by atoms with van der Waals surface area (Å²) >= 11 is 3.37. The molecule has 106 valence electrons. The van der Waals surface area contributed by atoms with E-state index >= 15 is 0 Å². The first-order valence-corrected chi connectivity index (χ1v) is 6.91. The lowest BCUT2D eigenvalue weighted by Crippen LogP contribution is -2.02. The van der Waals surface area contributed by atoms with Gasteiger partial charge in [0.25, 0.3) is 0 Å². The van der Waals surface area contributed by atoms with Gasteiger partial charge >= 0.3 is 5.97 Å². The number of hydrogen-bond acceptors (Lipinski definition) is 3. The van der Waals surface area contributed by atoms with Crippen molar-refractivity contribution in [1.82, 2.24) is 9.78 Å². The van der Waals surface area contributed by atoms with Gasteiger partial charge in [-0.2, -0.15) is 5.10 Å². The highest BCUT2D eigenvalue weighted by Crippen LogP contribution is 2.27. The number of carbonyl (C=O) groups excluding carboxylic acids is 1. The SMILES string of the molecule is COC(=O)c1cc(Br)cc2c1cnn2-c1ccc(F)cc1. The quantitative estimate of drug-likeness (QED) is 0.663. The third-order valence-corrected chi connectivity index (χ3v) is 3.59. The summed E-state index contributed by atoms with van der Waals surface area (Å²) in [5.41, 5.74) is 1.87. The molecule has 0 amide bonds. The van der Waals surface area contributed by atoms with Gasteiger partial charge in [0.1, 0.15) is 5.82 Å². The van der Waals surface area contributed by atoms with Crippen molar-refractivity contribution in [2.45, 2.75) is 0 Å². The van der Waals surface area contributed by atoms with Crippen LogP contribution in [-0.2, 0) is 4.74 Å². The molecule has 0 radical (unpaired) electrons.